The lowest BCUT2D eigenvalue weighted by Crippen LogP contribution is -2.39. The Labute approximate surface area is 127 Å². The van der Waals surface area contributed by atoms with Gasteiger partial charge in [-0.1, -0.05) is 23.7 Å². The maximum atomic E-state index is 11.8. The summed E-state index contributed by atoms with van der Waals surface area (Å²) in [5.41, 5.74) is 7.29. The van der Waals surface area contributed by atoms with Gasteiger partial charge in [0.15, 0.2) is 0 Å². The molecule has 0 aliphatic heterocycles. The third-order valence-electron chi connectivity index (χ3n) is 2.74. The minimum absolute atomic E-state index is 0.279. The number of hydrogen-bond acceptors (Lipinski definition) is 3. The van der Waals surface area contributed by atoms with Gasteiger partial charge in [-0.2, -0.15) is 0 Å². The standard InChI is InChI=1S/C15H14ClN3O2/c16-12-3-1-2-10(8-12)9-18-15(21)19-14(20)11-4-6-13(17)7-5-11/h1-8H,9,17H2,(H2,18,19,20,21). The maximum absolute atomic E-state index is 11.8. The fourth-order valence-corrected chi connectivity index (χ4v) is 1.90. The summed E-state index contributed by atoms with van der Waals surface area (Å²) in [6, 6.07) is 12.8. The van der Waals surface area contributed by atoms with Gasteiger partial charge in [0.1, 0.15) is 0 Å². The first-order valence-electron chi connectivity index (χ1n) is 6.24. The highest BCUT2D eigenvalue weighted by Crippen LogP contribution is 2.10. The van der Waals surface area contributed by atoms with Gasteiger partial charge in [0, 0.05) is 22.8 Å². The third-order valence-corrected chi connectivity index (χ3v) is 2.98. The summed E-state index contributed by atoms with van der Waals surface area (Å²) in [5, 5.41) is 5.41. The van der Waals surface area contributed by atoms with E-state index in [1.165, 1.54) is 0 Å². The average Bonchev–Trinajstić information content (AvgIpc) is 2.46. The van der Waals surface area contributed by atoms with Crippen LogP contribution in [0.3, 0.4) is 0 Å². The first-order chi connectivity index (χ1) is 10.0. The Hall–Kier alpha value is -2.53. The zero-order valence-electron chi connectivity index (χ0n) is 11.1. The van der Waals surface area contributed by atoms with Crippen LogP contribution in [-0.4, -0.2) is 11.9 Å². The Balaban J connectivity index is 1.87. The molecule has 2 aromatic rings. The number of carbonyl (C=O) groups excluding carboxylic acids is 2. The van der Waals surface area contributed by atoms with Crippen LogP contribution in [0.25, 0.3) is 0 Å². The molecule has 0 saturated heterocycles. The molecule has 3 amide bonds. The fraction of sp³-hybridized carbons (Fsp3) is 0.0667. The second kappa shape index (κ2) is 6.76. The summed E-state index contributed by atoms with van der Waals surface area (Å²) in [7, 11) is 0. The van der Waals surface area contributed by atoms with E-state index in [1.54, 1.807) is 42.5 Å². The molecule has 0 bridgehead atoms. The predicted octanol–water partition coefficient (Wildman–Crippen LogP) is 2.56. The molecule has 0 spiro atoms. The van der Waals surface area contributed by atoms with Gasteiger partial charge in [-0.25, -0.2) is 4.79 Å². The number of nitrogens with two attached hydrogens (primary N) is 1. The van der Waals surface area contributed by atoms with E-state index < -0.39 is 11.9 Å². The summed E-state index contributed by atoms with van der Waals surface area (Å²) in [6.07, 6.45) is 0. The van der Waals surface area contributed by atoms with Crippen LogP contribution >= 0.6 is 11.6 Å². The van der Waals surface area contributed by atoms with Crippen LogP contribution in [-0.2, 0) is 6.54 Å². The van der Waals surface area contributed by atoms with Crippen molar-refractivity contribution in [2.45, 2.75) is 6.54 Å². The Morgan fingerprint density at radius 3 is 2.48 bits per heavy atom. The highest BCUT2D eigenvalue weighted by Gasteiger charge is 2.09. The van der Waals surface area contributed by atoms with Crippen LogP contribution in [0.15, 0.2) is 48.5 Å². The normalized spacial score (nSPS) is 9.95. The Bertz CT molecular complexity index is 656. The van der Waals surface area contributed by atoms with Crippen LogP contribution in [0.5, 0.6) is 0 Å². The number of carbonyl (C=O) groups is 2. The van der Waals surface area contributed by atoms with Crippen molar-refractivity contribution in [3.05, 3.63) is 64.7 Å². The van der Waals surface area contributed by atoms with Crippen molar-refractivity contribution in [1.82, 2.24) is 10.6 Å². The van der Waals surface area contributed by atoms with Gasteiger partial charge in [0.25, 0.3) is 5.91 Å². The van der Waals surface area contributed by atoms with E-state index >= 15 is 0 Å². The largest absolute Gasteiger partial charge is 0.399 e. The van der Waals surface area contributed by atoms with E-state index in [4.69, 9.17) is 17.3 Å². The van der Waals surface area contributed by atoms with Crippen LogP contribution in [0.1, 0.15) is 15.9 Å². The molecule has 4 N–H and O–H groups in total. The molecule has 0 heterocycles. The first kappa shape index (κ1) is 14.9. The number of benzene rings is 2. The van der Waals surface area contributed by atoms with Gasteiger partial charge in [-0.05, 0) is 42.0 Å². The van der Waals surface area contributed by atoms with Crippen LogP contribution in [0, 0.1) is 0 Å². The second-order valence-electron chi connectivity index (χ2n) is 4.39. The van der Waals surface area contributed by atoms with Gasteiger partial charge in [0.2, 0.25) is 0 Å². The van der Waals surface area contributed by atoms with Crippen LogP contribution < -0.4 is 16.4 Å². The van der Waals surface area contributed by atoms with Crippen molar-refractivity contribution in [1.29, 1.82) is 0 Å². The van der Waals surface area contributed by atoms with E-state index in [0.717, 1.165) is 5.56 Å². The lowest BCUT2D eigenvalue weighted by atomic mass is 10.2. The minimum atomic E-state index is -0.572. The zero-order chi connectivity index (χ0) is 15.2. The Kier molecular flexibility index (Phi) is 4.79. The molecule has 0 aromatic heterocycles. The lowest BCUT2D eigenvalue weighted by Gasteiger charge is -2.07. The van der Waals surface area contributed by atoms with Gasteiger partial charge >= 0.3 is 6.03 Å². The minimum Gasteiger partial charge on any atom is -0.399 e. The predicted molar refractivity (Wildman–Crippen MR) is 82.0 cm³/mol. The number of rotatable bonds is 3. The number of anilines is 1. The van der Waals surface area contributed by atoms with Gasteiger partial charge in [-0.15, -0.1) is 0 Å². The second-order valence-corrected chi connectivity index (χ2v) is 4.83. The zero-order valence-corrected chi connectivity index (χ0v) is 11.9. The summed E-state index contributed by atoms with van der Waals surface area (Å²) in [5.74, 6) is -0.487. The summed E-state index contributed by atoms with van der Waals surface area (Å²) in [6.45, 7) is 0.279. The quantitative estimate of drug-likeness (QED) is 0.762. The lowest BCUT2D eigenvalue weighted by molar-refractivity contribution is 0.0964. The molecule has 2 aromatic carbocycles. The van der Waals surface area contributed by atoms with Gasteiger partial charge < -0.3 is 11.1 Å². The van der Waals surface area contributed by atoms with E-state index in [0.29, 0.717) is 16.3 Å². The number of halogens is 1. The molecule has 0 radical (unpaired) electrons. The topological polar surface area (TPSA) is 84.2 Å². The maximum Gasteiger partial charge on any atom is 0.321 e. The molecular weight excluding hydrogens is 290 g/mol. The monoisotopic (exact) mass is 303 g/mol. The van der Waals surface area contributed by atoms with Crippen molar-refractivity contribution >= 4 is 29.2 Å². The highest BCUT2D eigenvalue weighted by molar-refractivity contribution is 6.30. The van der Waals surface area contributed by atoms with Gasteiger partial charge in [0.05, 0.1) is 0 Å². The van der Waals surface area contributed by atoms with Crippen molar-refractivity contribution in [3.8, 4) is 0 Å². The molecule has 0 saturated carbocycles. The number of imide groups is 1. The fourth-order valence-electron chi connectivity index (χ4n) is 1.68. The number of hydrogen-bond donors (Lipinski definition) is 3. The summed E-state index contributed by atoms with van der Waals surface area (Å²) >= 11 is 5.84. The molecule has 0 aliphatic carbocycles. The molecular formula is C15H14ClN3O2. The SMILES string of the molecule is Nc1ccc(C(=O)NC(=O)NCc2cccc(Cl)c2)cc1. The van der Waals surface area contributed by atoms with E-state index in [-0.39, 0.29) is 6.54 Å². The molecule has 6 heteroatoms. The smallest absolute Gasteiger partial charge is 0.321 e. The Morgan fingerprint density at radius 2 is 1.81 bits per heavy atom. The van der Waals surface area contributed by atoms with Crippen molar-refractivity contribution in [2.75, 3.05) is 5.73 Å². The van der Waals surface area contributed by atoms with E-state index in [9.17, 15) is 9.59 Å². The molecule has 21 heavy (non-hydrogen) atoms. The molecule has 0 fully saturated rings. The molecule has 0 atom stereocenters. The molecule has 108 valence electrons. The number of nitrogen functional groups attached to an aromatic ring is 1. The molecule has 5 nitrogen and oxygen atoms in total. The van der Waals surface area contributed by atoms with Crippen LogP contribution in [0.4, 0.5) is 10.5 Å². The number of amides is 3. The first-order valence-corrected chi connectivity index (χ1v) is 6.61. The van der Waals surface area contributed by atoms with Crippen molar-refractivity contribution in [3.63, 3.8) is 0 Å². The van der Waals surface area contributed by atoms with Crippen LogP contribution in [0.2, 0.25) is 5.02 Å². The van der Waals surface area contributed by atoms with E-state index in [1.807, 2.05) is 6.07 Å². The highest BCUT2D eigenvalue weighted by atomic mass is 35.5. The Morgan fingerprint density at radius 1 is 1.10 bits per heavy atom. The molecule has 0 unspecified atom stereocenters. The summed E-state index contributed by atoms with van der Waals surface area (Å²) < 4.78 is 0. The van der Waals surface area contributed by atoms with E-state index in [2.05, 4.69) is 10.6 Å². The molecule has 0 aliphatic rings. The molecule has 2 rings (SSSR count). The summed E-state index contributed by atoms with van der Waals surface area (Å²) in [4.78, 5) is 23.4. The van der Waals surface area contributed by atoms with Crippen molar-refractivity contribution < 1.29 is 9.59 Å². The third kappa shape index (κ3) is 4.50. The number of nitrogens with one attached hydrogen (secondary N) is 2. The average molecular weight is 304 g/mol. The van der Waals surface area contributed by atoms with Crippen molar-refractivity contribution in [2.24, 2.45) is 0 Å². The number of urea groups is 1. The van der Waals surface area contributed by atoms with Gasteiger partial charge in [-0.3, -0.25) is 10.1 Å².